The van der Waals surface area contributed by atoms with Crippen LogP contribution < -0.4 is 5.32 Å². The molecule has 0 bridgehead atoms. The molecule has 0 spiro atoms. The van der Waals surface area contributed by atoms with Gasteiger partial charge in [0.2, 0.25) is 0 Å². The molecular formula is C12H8BrClN2O. The Kier molecular flexibility index (Phi) is 3.72. The number of furan rings is 1. The second kappa shape index (κ2) is 5.26. The van der Waals surface area contributed by atoms with Gasteiger partial charge < -0.3 is 9.73 Å². The minimum Gasteiger partial charge on any atom is -0.452 e. The maximum Gasteiger partial charge on any atom is 0.169 e. The number of halogens is 2. The molecule has 3 nitrogen and oxygen atoms in total. The lowest BCUT2D eigenvalue weighted by Gasteiger charge is -2.06. The van der Waals surface area contributed by atoms with E-state index in [1.54, 1.807) is 18.2 Å². The normalized spacial score (nSPS) is 9.94. The summed E-state index contributed by atoms with van der Waals surface area (Å²) in [7, 11) is 0. The molecule has 0 aliphatic heterocycles. The smallest absolute Gasteiger partial charge is 0.169 e. The molecule has 5 heteroatoms. The Morgan fingerprint density at radius 2 is 2.18 bits per heavy atom. The Balaban J connectivity index is 2.07. The molecule has 1 aromatic heterocycles. The second-order valence-corrected chi connectivity index (χ2v) is 4.55. The maximum atomic E-state index is 8.71. The molecule has 2 rings (SSSR count). The summed E-state index contributed by atoms with van der Waals surface area (Å²) in [6.45, 7) is 0.539. The van der Waals surface area contributed by atoms with Crippen molar-refractivity contribution in [3.05, 3.63) is 51.3 Å². The molecule has 0 fully saturated rings. The molecule has 0 aliphatic rings. The minimum atomic E-state index is 0.523. The van der Waals surface area contributed by atoms with Crippen LogP contribution in [0.4, 0.5) is 5.69 Å². The lowest BCUT2D eigenvalue weighted by molar-refractivity contribution is 0.495. The van der Waals surface area contributed by atoms with Crippen molar-refractivity contribution >= 4 is 33.2 Å². The van der Waals surface area contributed by atoms with Crippen molar-refractivity contribution in [1.29, 1.82) is 5.26 Å². The van der Waals surface area contributed by atoms with E-state index < -0.39 is 0 Å². The van der Waals surface area contributed by atoms with Gasteiger partial charge in [-0.15, -0.1) is 0 Å². The van der Waals surface area contributed by atoms with E-state index in [1.807, 2.05) is 18.2 Å². The SMILES string of the molecule is N#Cc1ccc(NCc2ccc(Br)o2)c(Cl)c1. The van der Waals surface area contributed by atoms with Crippen LogP contribution in [0.2, 0.25) is 5.02 Å². The van der Waals surface area contributed by atoms with Gasteiger partial charge in [-0.25, -0.2) is 0 Å². The molecule has 1 N–H and O–H groups in total. The Morgan fingerprint density at radius 1 is 1.35 bits per heavy atom. The summed E-state index contributed by atoms with van der Waals surface area (Å²) in [6.07, 6.45) is 0. The van der Waals surface area contributed by atoms with Gasteiger partial charge in [-0.3, -0.25) is 0 Å². The Morgan fingerprint density at radius 3 is 2.76 bits per heavy atom. The molecule has 86 valence electrons. The third-order valence-electron chi connectivity index (χ3n) is 2.18. The van der Waals surface area contributed by atoms with E-state index in [1.165, 1.54) is 0 Å². The van der Waals surface area contributed by atoms with E-state index in [-0.39, 0.29) is 0 Å². The molecule has 2 aromatic rings. The third-order valence-corrected chi connectivity index (χ3v) is 2.92. The van der Waals surface area contributed by atoms with Gasteiger partial charge in [0, 0.05) is 0 Å². The highest BCUT2D eigenvalue weighted by molar-refractivity contribution is 9.10. The monoisotopic (exact) mass is 310 g/mol. The summed E-state index contributed by atoms with van der Waals surface area (Å²) in [5, 5.41) is 12.4. The molecule has 17 heavy (non-hydrogen) atoms. The zero-order valence-corrected chi connectivity index (χ0v) is 11.0. The first-order chi connectivity index (χ1) is 8.19. The topological polar surface area (TPSA) is 49.0 Å². The van der Waals surface area contributed by atoms with Gasteiger partial charge in [-0.2, -0.15) is 5.26 Å². The van der Waals surface area contributed by atoms with Gasteiger partial charge in [-0.05, 0) is 46.3 Å². The molecule has 0 aliphatic carbocycles. The van der Waals surface area contributed by atoms with Crippen molar-refractivity contribution < 1.29 is 4.42 Å². The van der Waals surface area contributed by atoms with Crippen LogP contribution in [0.3, 0.4) is 0 Å². The van der Waals surface area contributed by atoms with Crippen molar-refractivity contribution in [2.75, 3.05) is 5.32 Å². The largest absolute Gasteiger partial charge is 0.452 e. The third kappa shape index (κ3) is 3.02. The van der Waals surface area contributed by atoms with Crippen molar-refractivity contribution in [1.82, 2.24) is 0 Å². The Bertz CT molecular complexity index is 574. The van der Waals surface area contributed by atoms with E-state index in [0.29, 0.717) is 21.8 Å². The number of anilines is 1. The Hall–Kier alpha value is -1.44. The highest BCUT2D eigenvalue weighted by Crippen LogP contribution is 2.24. The average Bonchev–Trinajstić information content (AvgIpc) is 2.73. The van der Waals surface area contributed by atoms with Crippen molar-refractivity contribution in [3.63, 3.8) is 0 Å². The van der Waals surface area contributed by atoms with Crippen LogP contribution in [0, 0.1) is 11.3 Å². The first-order valence-electron chi connectivity index (χ1n) is 4.87. The first kappa shape index (κ1) is 12.0. The summed E-state index contributed by atoms with van der Waals surface area (Å²) >= 11 is 9.26. The van der Waals surface area contributed by atoms with E-state index in [9.17, 15) is 0 Å². The molecule has 0 saturated carbocycles. The predicted octanol–water partition coefficient (Wildman–Crippen LogP) is 4.18. The van der Waals surface area contributed by atoms with Crippen LogP contribution in [0.1, 0.15) is 11.3 Å². The van der Waals surface area contributed by atoms with Crippen molar-refractivity contribution in [2.24, 2.45) is 0 Å². The fraction of sp³-hybridized carbons (Fsp3) is 0.0833. The quantitative estimate of drug-likeness (QED) is 0.925. The van der Waals surface area contributed by atoms with Gasteiger partial charge in [0.05, 0.1) is 28.9 Å². The summed E-state index contributed by atoms with van der Waals surface area (Å²) in [5.41, 5.74) is 1.32. The fourth-order valence-corrected chi connectivity index (χ4v) is 1.94. The summed E-state index contributed by atoms with van der Waals surface area (Å²) in [5.74, 6) is 0.803. The zero-order valence-electron chi connectivity index (χ0n) is 8.71. The number of nitrogens with one attached hydrogen (secondary N) is 1. The van der Waals surface area contributed by atoms with E-state index >= 15 is 0 Å². The standard InChI is InChI=1S/C12H8BrClN2O/c13-12-4-2-9(17-12)7-16-11-3-1-8(6-15)5-10(11)14/h1-5,16H,7H2. The average molecular weight is 312 g/mol. The minimum absolute atomic E-state index is 0.523. The number of rotatable bonds is 3. The van der Waals surface area contributed by atoms with E-state index in [2.05, 4.69) is 21.2 Å². The summed E-state index contributed by atoms with van der Waals surface area (Å²) in [4.78, 5) is 0. The highest BCUT2D eigenvalue weighted by atomic mass is 79.9. The molecule has 0 saturated heterocycles. The van der Waals surface area contributed by atoms with Crippen LogP contribution in [-0.2, 0) is 6.54 Å². The van der Waals surface area contributed by atoms with Gasteiger partial charge in [0.15, 0.2) is 4.67 Å². The summed E-state index contributed by atoms with van der Waals surface area (Å²) in [6, 6.07) is 10.9. The zero-order chi connectivity index (χ0) is 12.3. The van der Waals surface area contributed by atoms with Crippen LogP contribution in [-0.4, -0.2) is 0 Å². The fourth-order valence-electron chi connectivity index (χ4n) is 1.36. The number of nitriles is 1. The van der Waals surface area contributed by atoms with Crippen molar-refractivity contribution in [3.8, 4) is 6.07 Å². The summed E-state index contributed by atoms with van der Waals surface area (Å²) < 4.78 is 6.04. The van der Waals surface area contributed by atoms with Crippen LogP contribution >= 0.6 is 27.5 Å². The van der Waals surface area contributed by atoms with Gasteiger partial charge in [0.1, 0.15) is 5.76 Å². The molecule has 1 aromatic carbocycles. The van der Waals surface area contributed by atoms with E-state index in [0.717, 1.165) is 11.4 Å². The number of nitrogens with zero attached hydrogens (tertiary/aromatic N) is 1. The van der Waals surface area contributed by atoms with Crippen LogP contribution in [0.5, 0.6) is 0 Å². The first-order valence-corrected chi connectivity index (χ1v) is 6.04. The van der Waals surface area contributed by atoms with Gasteiger partial charge >= 0.3 is 0 Å². The number of hydrogen-bond donors (Lipinski definition) is 1. The van der Waals surface area contributed by atoms with Crippen LogP contribution in [0.25, 0.3) is 0 Å². The number of hydrogen-bond acceptors (Lipinski definition) is 3. The van der Waals surface area contributed by atoms with Crippen LogP contribution in [0.15, 0.2) is 39.4 Å². The molecule has 0 radical (unpaired) electrons. The molecule has 0 atom stereocenters. The van der Waals surface area contributed by atoms with Gasteiger partial charge in [-0.1, -0.05) is 11.6 Å². The van der Waals surface area contributed by atoms with Crippen molar-refractivity contribution in [2.45, 2.75) is 6.54 Å². The lowest BCUT2D eigenvalue weighted by Crippen LogP contribution is -1.98. The lowest BCUT2D eigenvalue weighted by atomic mass is 10.2. The predicted molar refractivity (Wildman–Crippen MR) is 69.9 cm³/mol. The van der Waals surface area contributed by atoms with E-state index in [4.69, 9.17) is 21.3 Å². The Labute approximate surface area is 112 Å². The molecule has 1 heterocycles. The molecular weight excluding hydrogens is 304 g/mol. The second-order valence-electron chi connectivity index (χ2n) is 3.37. The molecule has 0 unspecified atom stereocenters. The molecule has 0 amide bonds. The van der Waals surface area contributed by atoms with Gasteiger partial charge in [0.25, 0.3) is 0 Å². The highest BCUT2D eigenvalue weighted by Gasteiger charge is 2.03. The maximum absolute atomic E-state index is 8.71. The number of benzene rings is 1.